The Kier molecular flexibility index (Phi) is 9.13. The fourth-order valence-electron chi connectivity index (χ4n) is 3.58. The van der Waals surface area contributed by atoms with Crippen LogP contribution in [0.2, 0.25) is 0 Å². The van der Waals surface area contributed by atoms with Crippen molar-refractivity contribution < 1.29 is 31.5 Å². The number of hydrogen-bond acceptors (Lipinski definition) is 7. The lowest BCUT2D eigenvalue weighted by Crippen LogP contribution is -2.48. The van der Waals surface area contributed by atoms with Gasteiger partial charge in [0.25, 0.3) is 5.89 Å². The number of sulfonamides is 1. The number of anilines is 1. The van der Waals surface area contributed by atoms with Gasteiger partial charge in [0.05, 0.1) is 18.4 Å². The van der Waals surface area contributed by atoms with Gasteiger partial charge in [0.2, 0.25) is 10.0 Å². The van der Waals surface area contributed by atoms with Crippen LogP contribution >= 0.6 is 0 Å². The van der Waals surface area contributed by atoms with Gasteiger partial charge >= 0.3 is 5.91 Å². The maximum absolute atomic E-state index is 13.7. The van der Waals surface area contributed by atoms with E-state index in [1.165, 1.54) is 5.56 Å². The molecule has 3 rings (SSSR count). The molecule has 36 heavy (non-hydrogen) atoms. The predicted octanol–water partition coefficient (Wildman–Crippen LogP) is 2.38. The zero-order valence-electron chi connectivity index (χ0n) is 19.8. The van der Waals surface area contributed by atoms with Gasteiger partial charge in [-0.1, -0.05) is 31.2 Å². The van der Waals surface area contributed by atoms with Gasteiger partial charge in [0.15, 0.2) is 5.82 Å². The highest BCUT2D eigenvalue weighted by molar-refractivity contribution is 7.92. The second-order valence-corrected chi connectivity index (χ2v) is 10.1. The molecule has 0 aliphatic heterocycles. The summed E-state index contributed by atoms with van der Waals surface area (Å²) >= 11 is 0. The Bertz CT molecular complexity index is 1280. The Morgan fingerprint density at radius 2 is 1.81 bits per heavy atom. The number of amides is 1. The molecule has 0 aliphatic carbocycles. The lowest BCUT2D eigenvalue weighted by atomic mass is 10.0. The van der Waals surface area contributed by atoms with Crippen LogP contribution in [0.5, 0.6) is 0 Å². The average Bonchev–Trinajstić information content (AvgIpc) is 3.25. The van der Waals surface area contributed by atoms with Gasteiger partial charge in [-0.25, -0.2) is 17.2 Å². The van der Waals surface area contributed by atoms with E-state index in [0.717, 1.165) is 42.7 Å². The van der Waals surface area contributed by atoms with E-state index in [1.807, 2.05) is 31.2 Å². The summed E-state index contributed by atoms with van der Waals surface area (Å²) < 4.78 is 57.2. The van der Waals surface area contributed by atoms with Crippen molar-refractivity contribution in [3.8, 4) is 0 Å². The summed E-state index contributed by atoms with van der Waals surface area (Å²) in [7, 11) is -3.64. The molecule has 0 spiro atoms. The summed E-state index contributed by atoms with van der Waals surface area (Å²) in [6.45, 7) is 2.57. The van der Waals surface area contributed by atoms with Crippen LogP contribution in [-0.2, 0) is 29.4 Å². The Morgan fingerprint density at radius 1 is 1.11 bits per heavy atom. The lowest BCUT2D eigenvalue weighted by Gasteiger charge is -2.24. The predicted molar refractivity (Wildman–Crippen MR) is 130 cm³/mol. The number of aromatic nitrogens is 1. The van der Waals surface area contributed by atoms with Crippen LogP contribution in [0.15, 0.2) is 53.1 Å². The number of hydrogen-bond donors (Lipinski definition) is 4. The fraction of sp³-hybridized carbons (Fsp3) is 0.333. The van der Waals surface area contributed by atoms with Gasteiger partial charge in [0.1, 0.15) is 17.9 Å². The summed E-state index contributed by atoms with van der Waals surface area (Å²) in [4.78, 5) is 16.5. The third-order valence-electron chi connectivity index (χ3n) is 5.23. The van der Waals surface area contributed by atoms with Gasteiger partial charge in [-0.05, 0) is 41.7 Å². The molecule has 4 N–H and O–H groups in total. The number of carbonyl (C=O) groups excluding carboxylic acids is 1. The lowest BCUT2D eigenvalue weighted by molar-refractivity contribution is 0.0798. The summed E-state index contributed by atoms with van der Waals surface area (Å²) in [5, 5.41) is 16.5. The first-order valence-corrected chi connectivity index (χ1v) is 13.1. The molecule has 0 unspecified atom stereocenters. The van der Waals surface area contributed by atoms with Crippen molar-refractivity contribution in [2.24, 2.45) is 0 Å². The van der Waals surface area contributed by atoms with Crippen molar-refractivity contribution >= 4 is 21.7 Å². The van der Waals surface area contributed by atoms with Gasteiger partial charge in [-0.15, -0.1) is 0 Å². The number of benzene rings is 2. The molecule has 0 saturated heterocycles. The van der Waals surface area contributed by atoms with Gasteiger partial charge in [-0.3, -0.25) is 9.52 Å². The van der Waals surface area contributed by atoms with Crippen LogP contribution in [0.3, 0.4) is 0 Å². The topological polar surface area (TPSA) is 134 Å². The van der Waals surface area contributed by atoms with Crippen LogP contribution in [0.25, 0.3) is 0 Å². The molecule has 1 aromatic heterocycles. The molecule has 194 valence electrons. The first-order chi connectivity index (χ1) is 17.0. The molecular formula is C24H28F2N4O5S. The second kappa shape index (κ2) is 12.1. The van der Waals surface area contributed by atoms with Crippen molar-refractivity contribution in [1.29, 1.82) is 0 Å². The number of carbonyl (C=O) groups is 1. The Labute approximate surface area is 208 Å². The number of aliphatic hydroxyl groups excluding tert-OH is 1. The van der Waals surface area contributed by atoms with Crippen molar-refractivity contribution in [2.75, 3.05) is 17.5 Å². The quantitative estimate of drug-likeness (QED) is 0.287. The van der Waals surface area contributed by atoms with Crippen LogP contribution in [-0.4, -0.2) is 49.4 Å². The minimum absolute atomic E-state index is 0.0611. The molecule has 0 saturated carbocycles. The van der Waals surface area contributed by atoms with Crippen LogP contribution in [0.4, 0.5) is 14.6 Å². The largest absolute Gasteiger partial charge is 0.439 e. The number of nitrogens with one attached hydrogen (secondary N) is 3. The average molecular weight is 523 g/mol. The molecule has 1 amide bonds. The molecule has 2 atom stereocenters. The molecule has 0 bridgehead atoms. The summed E-state index contributed by atoms with van der Waals surface area (Å²) in [5.41, 5.74) is 2.41. The summed E-state index contributed by atoms with van der Waals surface area (Å²) in [5.74, 6) is -3.06. The molecule has 0 fully saturated rings. The third-order valence-corrected chi connectivity index (χ3v) is 5.81. The zero-order chi connectivity index (χ0) is 26.3. The van der Waals surface area contributed by atoms with Crippen molar-refractivity contribution in [2.45, 2.75) is 38.5 Å². The molecule has 1 heterocycles. The smallest absolute Gasteiger partial charge is 0.307 e. The number of rotatable bonds is 12. The van der Waals surface area contributed by atoms with Gasteiger partial charge in [0, 0.05) is 19.2 Å². The Balaban J connectivity index is 1.71. The summed E-state index contributed by atoms with van der Waals surface area (Å²) in [6, 6.07) is 9.90. The van der Waals surface area contributed by atoms with Gasteiger partial charge in [-0.2, -0.15) is 4.98 Å². The van der Waals surface area contributed by atoms with E-state index in [9.17, 15) is 27.1 Å². The minimum atomic E-state index is -3.64. The van der Waals surface area contributed by atoms with E-state index in [4.69, 9.17) is 4.42 Å². The van der Waals surface area contributed by atoms with E-state index >= 15 is 0 Å². The number of nitrogens with zero attached hydrogens (tertiary/aromatic N) is 1. The normalized spacial score (nSPS) is 13.2. The molecular weight excluding hydrogens is 494 g/mol. The van der Waals surface area contributed by atoms with E-state index < -0.39 is 45.6 Å². The van der Waals surface area contributed by atoms with Crippen LogP contribution < -0.4 is 15.4 Å². The summed E-state index contributed by atoms with van der Waals surface area (Å²) in [6.07, 6.45) is 1.51. The fourth-order valence-corrected chi connectivity index (χ4v) is 4.05. The maximum Gasteiger partial charge on any atom is 0.307 e. The molecule has 3 aromatic rings. The molecule has 2 aromatic carbocycles. The van der Waals surface area contributed by atoms with E-state index in [-0.39, 0.29) is 24.3 Å². The minimum Gasteiger partial charge on any atom is -0.439 e. The Morgan fingerprint density at radius 3 is 2.47 bits per heavy atom. The van der Waals surface area contributed by atoms with Gasteiger partial charge < -0.3 is 20.2 Å². The van der Waals surface area contributed by atoms with E-state index in [1.54, 1.807) is 0 Å². The highest BCUT2D eigenvalue weighted by atomic mass is 32.2. The Hall–Kier alpha value is -3.35. The van der Waals surface area contributed by atoms with E-state index in [0.29, 0.717) is 6.54 Å². The van der Waals surface area contributed by atoms with Crippen LogP contribution in [0.1, 0.15) is 34.3 Å². The first-order valence-electron chi connectivity index (χ1n) is 11.2. The van der Waals surface area contributed by atoms with Crippen molar-refractivity contribution in [3.05, 3.63) is 82.9 Å². The highest BCUT2D eigenvalue weighted by Gasteiger charge is 2.25. The SMILES string of the molecule is CCc1cccc(CNC[C@@H](O)[C@H](Cc2cc(F)cc(F)c2)NC(=O)c2nc(NS(C)(=O)=O)co2)c1. The highest BCUT2D eigenvalue weighted by Crippen LogP contribution is 2.14. The van der Waals surface area contributed by atoms with Crippen molar-refractivity contribution in [1.82, 2.24) is 15.6 Å². The molecule has 0 aliphatic rings. The van der Waals surface area contributed by atoms with Crippen molar-refractivity contribution in [3.63, 3.8) is 0 Å². The standard InChI is InChI=1S/C24H28F2N4O5S/c1-3-15-5-4-6-16(7-15)12-27-13-21(31)20(10-17-8-18(25)11-19(26)9-17)28-23(32)24-29-22(14-35-24)30-36(2,33)34/h4-9,11,14,20-21,27,30-31H,3,10,12-13H2,1-2H3,(H,28,32)/t20-,21+/m0/s1. The molecule has 12 heteroatoms. The van der Waals surface area contributed by atoms with Crippen LogP contribution in [0, 0.1) is 11.6 Å². The first kappa shape index (κ1) is 27.2. The third kappa shape index (κ3) is 8.40. The zero-order valence-corrected chi connectivity index (χ0v) is 20.6. The number of aliphatic hydroxyl groups is 1. The molecule has 0 radical (unpaired) electrons. The number of aryl methyl sites for hydroxylation is 1. The monoisotopic (exact) mass is 522 g/mol. The number of oxazole rings is 1. The second-order valence-electron chi connectivity index (χ2n) is 8.35. The maximum atomic E-state index is 13.7. The number of halogens is 2. The molecule has 9 nitrogen and oxygen atoms in total. The van der Waals surface area contributed by atoms with E-state index in [2.05, 4.69) is 20.3 Å².